The normalized spacial score (nSPS) is 15.5. The smallest absolute Gasteiger partial charge is 0.129 e. The van der Waals surface area contributed by atoms with Gasteiger partial charge < -0.3 is 5.11 Å². The standard InChI is InChI=1S/C14H30OSi2/c1-12(2)14(3,4)17(8,9)13(15)10-11-16(5,6)7/h12-13,15H,1-9H3. The Morgan fingerprint density at radius 1 is 1.00 bits per heavy atom. The summed E-state index contributed by atoms with van der Waals surface area (Å²) < 4.78 is 0. The molecule has 0 rings (SSSR count). The number of hydrogen-bond donors (Lipinski definition) is 1. The molecule has 0 aliphatic carbocycles. The fourth-order valence-electron chi connectivity index (χ4n) is 1.56. The zero-order valence-electron chi connectivity index (χ0n) is 13.1. The predicted octanol–water partition coefficient (Wildman–Crippen LogP) is 3.91. The van der Waals surface area contributed by atoms with Gasteiger partial charge in [-0.15, -0.1) is 5.54 Å². The molecule has 100 valence electrons. The van der Waals surface area contributed by atoms with Crippen LogP contribution in [0.15, 0.2) is 0 Å². The van der Waals surface area contributed by atoms with Crippen molar-refractivity contribution in [3.05, 3.63) is 0 Å². The fraction of sp³-hybridized carbons (Fsp3) is 0.857. The Balaban J connectivity index is 5.12. The summed E-state index contributed by atoms with van der Waals surface area (Å²) in [5.41, 5.74) is 2.90. The average Bonchev–Trinajstić information content (AvgIpc) is 2.12. The second-order valence-electron chi connectivity index (χ2n) is 7.52. The van der Waals surface area contributed by atoms with E-state index >= 15 is 0 Å². The molecule has 0 amide bonds. The molecule has 17 heavy (non-hydrogen) atoms. The number of aliphatic hydroxyl groups is 1. The van der Waals surface area contributed by atoms with E-state index in [0.29, 0.717) is 5.92 Å². The molecular formula is C14H30OSi2. The molecule has 1 atom stereocenters. The van der Waals surface area contributed by atoms with Gasteiger partial charge in [-0.3, -0.25) is 0 Å². The summed E-state index contributed by atoms with van der Waals surface area (Å²) in [6, 6.07) is 0. The van der Waals surface area contributed by atoms with Crippen molar-refractivity contribution in [2.24, 2.45) is 5.92 Å². The molecule has 0 saturated carbocycles. The summed E-state index contributed by atoms with van der Waals surface area (Å²) in [6.07, 6.45) is 0. The van der Waals surface area contributed by atoms with Crippen LogP contribution in [-0.4, -0.2) is 27.0 Å². The Morgan fingerprint density at radius 2 is 1.41 bits per heavy atom. The maximum absolute atomic E-state index is 10.4. The molecule has 0 spiro atoms. The Morgan fingerprint density at radius 3 is 1.71 bits per heavy atom. The van der Waals surface area contributed by atoms with Gasteiger partial charge in [0, 0.05) is 0 Å². The summed E-state index contributed by atoms with van der Waals surface area (Å²) in [5, 5.41) is 10.6. The van der Waals surface area contributed by atoms with Crippen molar-refractivity contribution < 1.29 is 5.11 Å². The van der Waals surface area contributed by atoms with Crippen LogP contribution >= 0.6 is 0 Å². The van der Waals surface area contributed by atoms with Crippen LogP contribution in [0.4, 0.5) is 0 Å². The van der Waals surface area contributed by atoms with E-state index in [-0.39, 0.29) is 5.04 Å². The molecule has 0 aromatic carbocycles. The summed E-state index contributed by atoms with van der Waals surface area (Å²) in [7, 11) is -3.18. The lowest BCUT2D eigenvalue weighted by molar-refractivity contribution is 0.284. The molecule has 0 aliphatic rings. The van der Waals surface area contributed by atoms with Crippen LogP contribution in [-0.2, 0) is 0 Å². The highest BCUT2D eigenvalue weighted by Crippen LogP contribution is 2.45. The minimum atomic E-state index is -1.79. The predicted molar refractivity (Wildman–Crippen MR) is 83.5 cm³/mol. The summed E-state index contributed by atoms with van der Waals surface area (Å²) in [5.74, 6) is 3.73. The van der Waals surface area contributed by atoms with Gasteiger partial charge in [0.2, 0.25) is 0 Å². The second-order valence-corrected chi connectivity index (χ2v) is 17.5. The Kier molecular flexibility index (Phi) is 5.28. The van der Waals surface area contributed by atoms with Gasteiger partial charge in [-0.1, -0.05) is 66.4 Å². The van der Waals surface area contributed by atoms with Crippen molar-refractivity contribution in [2.75, 3.05) is 0 Å². The Labute approximate surface area is 110 Å². The second kappa shape index (κ2) is 5.30. The first-order valence-electron chi connectivity index (χ1n) is 6.53. The van der Waals surface area contributed by atoms with Gasteiger partial charge in [-0.25, -0.2) is 0 Å². The van der Waals surface area contributed by atoms with E-state index in [1.165, 1.54) is 0 Å². The van der Waals surface area contributed by atoms with Gasteiger partial charge >= 0.3 is 0 Å². The summed E-state index contributed by atoms with van der Waals surface area (Å²) in [4.78, 5) is 0. The molecule has 1 nitrogen and oxygen atoms in total. The van der Waals surface area contributed by atoms with Gasteiger partial charge in [0.05, 0.1) is 0 Å². The third kappa shape index (κ3) is 4.28. The summed E-state index contributed by atoms with van der Waals surface area (Å²) >= 11 is 0. The van der Waals surface area contributed by atoms with Gasteiger partial charge in [0.25, 0.3) is 0 Å². The van der Waals surface area contributed by atoms with Gasteiger partial charge in [0.15, 0.2) is 0 Å². The Bertz CT molecular complexity index is 313. The van der Waals surface area contributed by atoms with E-state index in [4.69, 9.17) is 0 Å². The molecule has 3 heteroatoms. The molecule has 1 unspecified atom stereocenters. The molecule has 0 aliphatic heterocycles. The quantitative estimate of drug-likeness (QED) is 0.609. The topological polar surface area (TPSA) is 20.2 Å². The fourth-order valence-corrected chi connectivity index (χ4v) is 4.90. The molecule has 0 heterocycles. The SMILES string of the molecule is CC(C)C(C)(C)[Si](C)(C)C(O)C#C[Si](C)(C)C. The number of aliphatic hydroxyl groups excluding tert-OH is 1. The van der Waals surface area contributed by atoms with Gasteiger partial charge in [0.1, 0.15) is 21.9 Å². The third-order valence-corrected chi connectivity index (χ3v) is 10.7. The molecular weight excluding hydrogens is 240 g/mol. The average molecular weight is 271 g/mol. The maximum atomic E-state index is 10.4. The molecule has 0 aromatic heterocycles. The Hall–Kier alpha value is -0.0462. The largest absolute Gasteiger partial charge is 0.384 e. The van der Waals surface area contributed by atoms with Crippen molar-refractivity contribution in [1.29, 1.82) is 0 Å². The van der Waals surface area contributed by atoms with E-state index in [9.17, 15) is 5.11 Å². The number of rotatable bonds is 3. The van der Waals surface area contributed by atoms with Crippen LogP contribution in [0.5, 0.6) is 0 Å². The van der Waals surface area contributed by atoms with E-state index in [1.54, 1.807) is 0 Å². The molecule has 0 saturated heterocycles. The number of hydrogen-bond acceptors (Lipinski definition) is 1. The highest BCUT2D eigenvalue weighted by atomic mass is 28.3. The minimum absolute atomic E-state index is 0.195. The molecule has 0 aromatic rings. The van der Waals surface area contributed by atoms with Gasteiger partial charge in [-0.05, 0) is 11.0 Å². The van der Waals surface area contributed by atoms with Crippen molar-refractivity contribution in [1.82, 2.24) is 0 Å². The van der Waals surface area contributed by atoms with Crippen LogP contribution in [0.25, 0.3) is 0 Å². The third-order valence-electron chi connectivity index (χ3n) is 4.37. The molecule has 0 fully saturated rings. The minimum Gasteiger partial charge on any atom is -0.384 e. The zero-order valence-corrected chi connectivity index (χ0v) is 15.1. The van der Waals surface area contributed by atoms with Gasteiger partial charge in [-0.2, -0.15) is 0 Å². The van der Waals surface area contributed by atoms with E-state index in [2.05, 4.69) is 71.9 Å². The van der Waals surface area contributed by atoms with Crippen molar-refractivity contribution in [2.45, 2.75) is 71.2 Å². The van der Waals surface area contributed by atoms with E-state index < -0.39 is 21.9 Å². The first-order chi connectivity index (χ1) is 7.32. The molecule has 1 N–H and O–H groups in total. The van der Waals surface area contributed by atoms with E-state index in [0.717, 1.165) is 0 Å². The van der Waals surface area contributed by atoms with Crippen LogP contribution in [0, 0.1) is 17.4 Å². The van der Waals surface area contributed by atoms with Crippen molar-refractivity contribution in [3.8, 4) is 11.5 Å². The molecule has 0 radical (unpaired) electrons. The zero-order chi connectivity index (χ0) is 14.1. The summed E-state index contributed by atoms with van der Waals surface area (Å²) in [6.45, 7) is 20.2. The monoisotopic (exact) mass is 270 g/mol. The van der Waals surface area contributed by atoms with Crippen molar-refractivity contribution in [3.63, 3.8) is 0 Å². The first-order valence-corrected chi connectivity index (χ1v) is 13.1. The van der Waals surface area contributed by atoms with Crippen LogP contribution in [0.2, 0.25) is 37.8 Å². The van der Waals surface area contributed by atoms with E-state index in [1.807, 2.05) is 0 Å². The van der Waals surface area contributed by atoms with Crippen molar-refractivity contribution >= 4 is 16.1 Å². The van der Waals surface area contributed by atoms with Crippen LogP contribution in [0.3, 0.4) is 0 Å². The van der Waals surface area contributed by atoms with Crippen LogP contribution in [0.1, 0.15) is 27.7 Å². The lowest BCUT2D eigenvalue weighted by atomic mass is 9.99. The van der Waals surface area contributed by atoms with Crippen LogP contribution < -0.4 is 0 Å². The molecule has 0 bridgehead atoms. The lowest BCUT2D eigenvalue weighted by Crippen LogP contribution is -2.52. The highest BCUT2D eigenvalue weighted by molar-refractivity contribution is 6.85. The first kappa shape index (κ1) is 17.0. The highest BCUT2D eigenvalue weighted by Gasteiger charge is 2.46. The maximum Gasteiger partial charge on any atom is 0.129 e. The lowest BCUT2D eigenvalue weighted by Gasteiger charge is -2.44.